The number of nitrogens with one attached hydrogen (secondary N) is 2. The fourth-order valence-electron chi connectivity index (χ4n) is 2.08. The SMILES string of the molecule is CCCCNC(=NC)NCCCN(CCC)CCC.I. The second kappa shape index (κ2) is 17.0. The molecule has 0 atom stereocenters. The monoisotopic (exact) mass is 398 g/mol. The van der Waals surface area contributed by atoms with Gasteiger partial charge in [0.15, 0.2) is 5.96 Å². The van der Waals surface area contributed by atoms with Gasteiger partial charge in [0.2, 0.25) is 0 Å². The minimum atomic E-state index is 0. The van der Waals surface area contributed by atoms with Gasteiger partial charge in [-0.1, -0.05) is 27.2 Å². The second-order valence-electron chi connectivity index (χ2n) is 4.97. The Kier molecular flexibility index (Phi) is 18.9. The highest BCUT2D eigenvalue weighted by Crippen LogP contribution is 1.95. The van der Waals surface area contributed by atoms with Crippen LogP contribution in [0.4, 0.5) is 0 Å². The maximum Gasteiger partial charge on any atom is 0.190 e. The highest BCUT2D eigenvalue weighted by atomic mass is 127. The number of aliphatic imine (C=N–C) groups is 1. The largest absolute Gasteiger partial charge is 0.356 e. The summed E-state index contributed by atoms with van der Waals surface area (Å²) in [4.78, 5) is 6.78. The van der Waals surface area contributed by atoms with Gasteiger partial charge >= 0.3 is 0 Å². The number of rotatable bonds is 11. The molecule has 0 spiro atoms. The molecule has 0 aliphatic rings. The fourth-order valence-corrected chi connectivity index (χ4v) is 2.08. The summed E-state index contributed by atoms with van der Waals surface area (Å²) in [5, 5.41) is 6.71. The van der Waals surface area contributed by atoms with E-state index in [-0.39, 0.29) is 24.0 Å². The van der Waals surface area contributed by atoms with Crippen LogP contribution >= 0.6 is 24.0 Å². The van der Waals surface area contributed by atoms with E-state index in [2.05, 4.69) is 41.3 Å². The smallest absolute Gasteiger partial charge is 0.190 e. The first-order chi connectivity index (χ1) is 9.28. The molecule has 5 heteroatoms. The van der Waals surface area contributed by atoms with Crippen molar-refractivity contribution in [3.63, 3.8) is 0 Å². The summed E-state index contributed by atoms with van der Waals surface area (Å²) in [5.41, 5.74) is 0. The lowest BCUT2D eigenvalue weighted by Crippen LogP contribution is -2.39. The van der Waals surface area contributed by atoms with Crippen molar-refractivity contribution in [1.29, 1.82) is 0 Å². The van der Waals surface area contributed by atoms with Gasteiger partial charge < -0.3 is 15.5 Å². The molecule has 0 aliphatic carbocycles. The molecule has 0 aliphatic heterocycles. The van der Waals surface area contributed by atoms with E-state index in [0.717, 1.165) is 19.0 Å². The topological polar surface area (TPSA) is 39.7 Å². The maximum atomic E-state index is 4.23. The summed E-state index contributed by atoms with van der Waals surface area (Å²) in [7, 11) is 1.84. The Labute approximate surface area is 143 Å². The zero-order valence-corrected chi connectivity index (χ0v) is 16.2. The summed E-state index contributed by atoms with van der Waals surface area (Å²) in [6.45, 7) is 12.3. The molecule has 0 rings (SSSR count). The highest BCUT2D eigenvalue weighted by molar-refractivity contribution is 14.0. The maximum absolute atomic E-state index is 4.23. The van der Waals surface area contributed by atoms with E-state index in [1.54, 1.807) is 0 Å². The molecule has 0 bridgehead atoms. The van der Waals surface area contributed by atoms with Crippen molar-refractivity contribution in [2.24, 2.45) is 4.99 Å². The summed E-state index contributed by atoms with van der Waals surface area (Å²) in [6.07, 6.45) is 6.07. The zero-order valence-electron chi connectivity index (χ0n) is 13.9. The minimum absolute atomic E-state index is 0. The molecule has 122 valence electrons. The van der Waals surface area contributed by atoms with E-state index in [1.807, 2.05) is 7.05 Å². The molecule has 4 nitrogen and oxygen atoms in total. The molecule has 0 amide bonds. The van der Waals surface area contributed by atoms with Crippen LogP contribution in [0.25, 0.3) is 0 Å². The van der Waals surface area contributed by atoms with Gasteiger partial charge in [0.1, 0.15) is 0 Å². The summed E-state index contributed by atoms with van der Waals surface area (Å²) < 4.78 is 0. The van der Waals surface area contributed by atoms with Gasteiger partial charge in [0.25, 0.3) is 0 Å². The summed E-state index contributed by atoms with van der Waals surface area (Å²) in [5.74, 6) is 0.936. The average molecular weight is 398 g/mol. The molecule has 20 heavy (non-hydrogen) atoms. The van der Waals surface area contributed by atoms with Crippen LogP contribution in [0.2, 0.25) is 0 Å². The van der Waals surface area contributed by atoms with Crippen LogP contribution < -0.4 is 10.6 Å². The molecule has 0 saturated heterocycles. The first-order valence-corrected chi connectivity index (χ1v) is 7.95. The van der Waals surface area contributed by atoms with Crippen molar-refractivity contribution in [1.82, 2.24) is 15.5 Å². The van der Waals surface area contributed by atoms with E-state index in [1.165, 1.54) is 51.7 Å². The predicted molar refractivity (Wildman–Crippen MR) is 101 cm³/mol. The van der Waals surface area contributed by atoms with Crippen LogP contribution in [0.1, 0.15) is 52.9 Å². The van der Waals surface area contributed by atoms with Crippen LogP contribution in [0, 0.1) is 0 Å². The zero-order chi connectivity index (χ0) is 14.3. The van der Waals surface area contributed by atoms with Crippen LogP contribution in [0.5, 0.6) is 0 Å². The standard InChI is InChI=1S/C15H34N4.HI/c1-5-8-10-17-15(16-4)18-11-9-14-19(12-6-2)13-7-3;/h5-14H2,1-4H3,(H2,16,17,18);1H. The molecule has 0 unspecified atom stereocenters. The lowest BCUT2D eigenvalue weighted by atomic mass is 10.3. The van der Waals surface area contributed by atoms with Crippen molar-refractivity contribution in [2.75, 3.05) is 39.8 Å². The van der Waals surface area contributed by atoms with Gasteiger partial charge in [-0.3, -0.25) is 4.99 Å². The predicted octanol–water partition coefficient (Wildman–Crippen LogP) is 3.08. The molecule has 0 radical (unpaired) electrons. The Hall–Kier alpha value is -0.0400. The van der Waals surface area contributed by atoms with Crippen LogP contribution in [0.15, 0.2) is 4.99 Å². The van der Waals surface area contributed by atoms with Gasteiger partial charge in [-0.15, -0.1) is 24.0 Å². The normalized spacial score (nSPS) is 11.3. The average Bonchev–Trinajstić information content (AvgIpc) is 2.42. The first kappa shape index (κ1) is 22.2. The third-order valence-electron chi connectivity index (χ3n) is 3.07. The lowest BCUT2D eigenvalue weighted by molar-refractivity contribution is 0.271. The van der Waals surface area contributed by atoms with Crippen molar-refractivity contribution in [3.8, 4) is 0 Å². The van der Waals surface area contributed by atoms with Gasteiger partial charge in [-0.05, 0) is 45.3 Å². The van der Waals surface area contributed by atoms with E-state index < -0.39 is 0 Å². The summed E-state index contributed by atoms with van der Waals surface area (Å²) >= 11 is 0. The Morgan fingerprint density at radius 2 is 1.40 bits per heavy atom. The molecule has 0 saturated carbocycles. The number of unbranched alkanes of at least 4 members (excludes halogenated alkanes) is 1. The first-order valence-electron chi connectivity index (χ1n) is 7.95. The second-order valence-corrected chi connectivity index (χ2v) is 4.97. The Bertz CT molecular complexity index is 216. The Morgan fingerprint density at radius 1 is 0.850 bits per heavy atom. The van der Waals surface area contributed by atoms with Gasteiger partial charge in [0.05, 0.1) is 0 Å². The van der Waals surface area contributed by atoms with Gasteiger partial charge in [0, 0.05) is 20.1 Å². The number of hydrogen-bond acceptors (Lipinski definition) is 2. The number of halogens is 1. The lowest BCUT2D eigenvalue weighted by Gasteiger charge is -2.21. The number of guanidine groups is 1. The van der Waals surface area contributed by atoms with E-state index in [9.17, 15) is 0 Å². The quantitative estimate of drug-likeness (QED) is 0.243. The number of nitrogens with zero attached hydrogens (tertiary/aromatic N) is 2. The van der Waals surface area contributed by atoms with E-state index >= 15 is 0 Å². The Balaban J connectivity index is 0. The molecular formula is C15H35IN4. The van der Waals surface area contributed by atoms with E-state index in [4.69, 9.17) is 0 Å². The summed E-state index contributed by atoms with van der Waals surface area (Å²) in [6, 6.07) is 0. The Morgan fingerprint density at radius 3 is 1.85 bits per heavy atom. The van der Waals surface area contributed by atoms with Crippen LogP contribution in [0.3, 0.4) is 0 Å². The van der Waals surface area contributed by atoms with Crippen molar-refractivity contribution < 1.29 is 0 Å². The van der Waals surface area contributed by atoms with Gasteiger partial charge in [-0.2, -0.15) is 0 Å². The molecule has 0 aromatic carbocycles. The van der Waals surface area contributed by atoms with Crippen molar-refractivity contribution in [3.05, 3.63) is 0 Å². The number of hydrogen-bond donors (Lipinski definition) is 2. The van der Waals surface area contributed by atoms with Gasteiger partial charge in [-0.25, -0.2) is 0 Å². The van der Waals surface area contributed by atoms with Crippen LogP contribution in [-0.2, 0) is 0 Å². The van der Waals surface area contributed by atoms with Crippen LogP contribution in [-0.4, -0.2) is 50.6 Å². The molecule has 0 heterocycles. The third-order valence-corrected chi connectivity index (χ3v) is 3.07. The molecule has 0 aromatic heterocycles. The van der Waals surface area contributed by atoms with Crippen molar-refractivity contribution >= 4 is 29.9 Å². The minimum Gasteiger partial charge on any atom is -0.356 e. The highest BCUT2D eigenvalue weighted by Gasteiger charge is 2.02. The molecule has 0 fully saturated rings. The third kappa shape index (κ3) is 13.0. The fraction of sp³-hybridized carbons (Fsp3) is 0.933. The van der Waals surface area contributed by atoms with E-state index in [0.29, 0.717) is 0 Å². The molecular weight excluding hydrogens is 363 g/mol. The molecule has 0 aromatic rings. The van der Waals surface area contributed by atoms with Crippen molar-refractivity contribution in [2.45, 2.75) is 52.9 Å². The molecule has 2 N–H and O–H groups in total.